The molecule has 0 rings (SSSR count). The Morgan fingerprint density at radius 2 is 1.30 bits per heavy atom. The van der Waals surface area contributed by atoms with E-state index in [9.17, 15) is 0 Å². The minimum atomic E-state index is 0.851. The number of hydrogen-bond donors (Lipinski definition) is 0. The predicted octanol–water partition coefficient (Wildman–Crippen LogP) is 2.35. The first-order valence-corrected chi connectivity index (χ1v) is 9.05. The summed E-state index contributed by atoms with van der Waals surface area (Å²) in [5.41, 5.74) is 0. The Labute approximate surface area is 82.8 Å². The molecular weight excluding hydrogens is 250 g/mol. The molecule has 0 bridgehead atoms. The molecule has 0 fully saturated rings. The quantitative estimate of drug-likeness (QED) is 0.378. The summed E-state index contributed by atoms with van der Waals surface area (Å²) in [5.74, 6) is 0.851. The van der Waals surface area contributed by atoms with E-state index >= 15 is 0 Å². The summed E-state index contributed by atoms with van der Waals surface area (Å²) in [7, 11) is 0. The first-order valence-electron chi connectivity index (χ1n) is 4.47. The van der Waals surface area contributed by atoms with Crippen LogP contribution in [0.3, 0.4) is 0 Å². The summed E-state index contributed by atoms with van der Waals surface area (Å²) in [6, 6.07) is 0. The molecular formula is C8H19ClSn. The van der Waals surface area contributed by atoms with Crippen LogP contribution in [0.15, 0.2) is 0 Å². The van der Waals surface area contributed by atoms with Gasteiger partial charge < -0.3 is 0 Å². The molecule has 2 heteroatoms. The molecule has 0 unspecified atom stereocenters. The van der Waals surface area contributed by atoms with E-state index in [1.165, 1.54) is 38.5 Å². The van der Waals surface area contributed by atoms with Crippen LogP contribution in [0.4, 0.5) is 0 Å². The van der Waals surface area contributed by atoms with Gasteiger partial charge in [0.2, 0.25) is 0 Å². The van der Waals surface area contributed by atoms with Crippen molar-refractivity contribution in [3.05, 3.63) is 0 Å². The number of hydrogen-bond acceptors (Lipinski definition) is 0. The van der Waals surface area contributed by atoms with Crippen LogP contribution >= 0.6 is 11.6 Å². The average molecular weight is 269 g/mol. The first kappa shape index (κ1) is 11.1. The van der Waals surface area contributed by atoms with Gasteiger partial charge in [0.1, 0.15) is 0 Å². The zero-order valence-corrected chi connectivity index (χ0v) is 13.5. The van der Waals surface area contributed by atoms with Crippen molar-refractivity contribution in [3.8, 4) is 0 Å². The van der Waals surface area contributed by atoms with Crippen LogP contribution in [0.5, 0.6) is 0 Å². The molecule has 0 saturated carbocycles. The van der Waals surface area contributed by atoms with Gasteiger partial charge in [-0.15, -0.1) is 0 Å². The Hall–Kier alpha value is 1.09. The van der Waals surface area contributed by atoms with Crippen LogP contribution in [-0.2, 0) is 0 Å². The van der Waals surface area contributed by atoms with Crippen molar-refractivity contribution < 1.29 is 0 Å². The van der Waals surface area contributed by atoms with Gasteiger partial charge in [-0.05, 0) is 0 Å². The van der Waals surface area contributed by atoms with Crippen LogP contribution in [-0.4, -0.2) is 28.4 Å². The Balaban J connectivity index is 2.65. The van der Waals surface area contributed by atoms with Gasteiger partial charge in [0, 0.05) is 0 Å². The summed E-state index contributed by atoms with van der Waals surface area (Å²) in [6.07, 6.45) is 8.37. The second kappa shape index (κ2) is 10.1. The molecule has 0 amide bonds. The van der Waals surface area contributed by atoms with Crippen molar-refractivity contribution in [1.29, 1.82) is 0 Å². The number of rotatable bonds is 7. The van der Waals surface area contributed by atoms with E-state index in [-0.39, 0.29) is 0 Å². The molecule has 62 valence electrons. The fourth-order valence-electron chi connectivity index (χ4n) is 1.05. The van der Waals surface area contributed by atoms with Gasteiger partial charge in [0.15, 0.2) is 0 Å². The van der Waals surface area contributed by atoms with E-state index < -0.39 is 0 Å². The van der Waals surface area contributed by atoms with Crippen molar-refractivity contribution in [2.24, 2.45) is 0 Å². The third-order valence-electron chi connectivity index (χ3n) is 1.74. The molecule has 0 nitrogen and oxygen atoms in total. The van der Waals surface area contributed by atoms with Crippen molar-refractivity contribution in [1.82, 2.24) is 0 Å². The topological polar surface area (TPSA) is 0 Å². The molecule has 0 atom stereocenters. The molecule has 0 N–H and O–H groups in total. The van der Waals surface area contributed by atoms with Gasteiger partial charge in [-0.25, -0.2) is 0 Å². The molecule has 0 spiro atoms. The minimum absolute atomic E-state index is 0.851. The number of alkyl halides is 1. The summed E-state index contributed by atoms with van der Waals surface area (Å²) in [6.45, 7) is 0. The van der Waals surface area contributed by atoms with E-state index in [0.717, 1.165) is 28.4 Å². The van der Waals surface area contributed by atoms with Gasteiger partial charge in [-0.3, -0.25) is 0 Å². The predicted molar refractivity (Wildman–Crippen MR) is 53.2 cm³/mol. The van der Waals surface area contributed by atoms with E-state index in [4.69, 9.17) is 11.6 Å². The van der Waals surface area contributed by atoms with E-state index in [2.05, 4.69) is 0 Å². The fourth-order valence-corrected chi connectivity index (χ4v) is 2.67. The Bertz CT molecular complexity index is 49.2. The van der Waals surface area contributed by atoms with Gasteiger partial charge >= 0.3 is 83.0 Å². The summed E-state index contributed by atoms with van der Waals surface area (Å²) in [5, 5.41) is 0. The van der Waals surface area contributed by atoms with Gasteiger partial charge in [-0.1, -0.05) is 0 Å². The maximum atomic E-state index is 5.55. The standard InChI is InChI=1S/C8H16Cl.Sn.3H/c1-2-3-4-5-6-7-8-9;;;;/h1-8H2;;;;. The van der Waals surface area contributed by atoms with E-state index in [1.807, 2.05) is 0 Å². The zero-order chi connectivity index (χ0) is 7.66. The molecule has 0 aromatic heterocycles. The van der Waals surface area contributed by atoms with Crippen LogP contribution in [0.2, 0.25) is 4.44 Å². The summed E-state index contributed by atoms with van der Waals surface area (Å²) in [4.78, 5) is 0. The van der Waals surface area contributed by atoms with Crippen LogP contribution in [0.1, 0.15) is 38.5 Å². The maximum absolute atomic E-state index is 5.55. The molecule has 0 aliphatic heterocycles. The number of unbranched alkanes of at least 4 members (excludes halogenated alkanes) is 5. The molecule has 0 heterocycles. The van der Waals surface area contributed by atoms with Crippen LogP contribution < -0.4 is 0 Å². The van der Waals surface area contributed by atoms with E-state index in [0.29, 0.717) is 0 Å². The number of halogens is 1. The Morgan fingerprint density at radius 3 is 1.80 bits per heavy atom. The summed E-state index contributed by atoms with van der Waals surface area (Å²) < 4.78 is 1.55. The van der Waals surface area contributed by atoms with Gasteiger partial charge in [0.05, 0.1) is 0 Å². The molecule has 10 heavy (non-hydrogen) atoms. The molecule has 0 aromatic carbocycles. The SMILES string of the molecule is ClCCCCCCC[CH2][SnH3]. The molecule has 0 aliphatic rings. The van der Waals surface area contributed by atoms with Crippen LogP contribution in [0, 0.1) is 0 Å². The van der Waals surface area contributed by atoms with Crippen molar-refractivity contribution in [2.45, 2.75) is 43.0 Å². The molecule has 0 aliphatic carbocycles. The second-order valence-corrected chi connectivity index (χ2v) is 6.04. The Morgan fingerprint density at radius 1 is 0.800 bits per heavy atom. The third-order valence-corrected chi connectivity index (χ3v) is 4.02. The third kappa shape index (κ3) is 9.09. The van der Waals surface area contributed by atoms with Gasteiger partial charge in [0.25, 0.3) is 0 Å². The summed E-state index contributed by atoms with van der Waals surface area (Å²) >= 11 is 6.50. The Kier molecular flexibility index (Phi) is 11.2. The van der Waals surface area contributed by atoms with Crippen molar-refractivity contribution >= 4 is 34.1 Å². The molecule has 0 saturated heterocycles. The second-order valence-electron chi connectivity index (χ2n) is 2.81. The van der Waals surface area contributed by atoms with Gasteiger partial charge in [-0.2, -0.15) is 0 Å². The zero-order valence-electron chi connectivity index (χ0n) is 7.03. The normalized spacial score (nSPS) is 10.5. The average Bonchev–Trinajstić information content (AvgIpc) is 1.97. The first-order chi connectivity index (χ1) is 4.91. The van der Waals surface area contributed by atoms with E-state index in [1.54, 1.807) is 4.44 Å². The van der Waals surface area contributed by atoms with Crippen LogP contribution in [0.25, 0.3) is 0 Å². The molecule has 0 aromatic rings. The monoisotopic (exact) mass is 270 g/mol. The van der Waals surface area contributed by atoms with Crippen molar-refractivity contribution in [3.63, 3.8) is 0 Å². The molecule has 0 radical (unpaired) electrons. The fraction of sp³-hybridized carbons (Fsp3) is 1.00. The van der Waals surface area contributed by atoms with Crippen molar-refractivity contribution in [2.75, 3.05) is 5.88 Å².